The van der Waals surface area contributed by atoms with Crippen LogP contribution in [0.4, 0.5) is 14.5 Å². The summed E-state index contributed by atoms with van der Waals surface area (Å²) in [6.45, 7) is 2.08. The molecule has 3 heterocycles. The number of hydrogen-bond acceptors (Lipinski definition) is 8. The van der Waals surface area contributed by atoms with Gasteiger partial charge in [0.05, 0.1) is 16.6 Å². The van der Waals surface area contributed by atoms with Gasteiger partial charge in [-0.15, -0.1) is 10.2 Å². The van der Waals surface area contributed by atoms with E-state index in [-0.39, 0.29) is 21.9 Å². The van der Waals surface area contributed by atoms with E-state index in [0.717, 1.165) is 25.7 Å². The third-order valence-electron chi connectivity index (χ3n) is 6.40. The standard InChI is InChI=1S/C20H23F2N7O3S2/c21-17(22)18-25-26-20(33-18)29-16-10-13(34(23,31)32)9-15(14(16)11-24-29)27-5-7-28(8-6-27)19(30)12-3-1-2-4-12/h9-12,17H,1-8H2,(H2,23,31,32). The van der Waals surface area contributed by atoms with Gasteiger partial charge in [-0.1, -0.05) is 24.2 Å². The van der Waals surface area contributed by atoms with Gasteiger partial charge in [0, 0.05) is 43.2 Å². The van der Waals surface area contributed by atoms with Crippen LogP contribution in [-0.4, -0.2) is 65.4 Å². The molecule has 1 saturated heterocycles. The number of sulfonamides is 1. The number of alkyl halides is 2. The van der Waals surface area contributed by atoms with Gasteiger partial charge in [-0.3, -0.25) is 4.79 Å². The van der Waals surface area contributed by atoms with Crippen molar-refractivity contribution in [1.82, 2.24) is 24.9 Å². The Bertz CT molecular complexity index is 1330. The highest BCUT2D eigenvalue weighted by atomic mass is 32.2. The van der Waals surface area contributed by atoms with Gasteiger partial charge in [-0.05, 0) is 25.0 Å². The number of benzene rings is 1. The normalized spacial score (nSPS) is 17.9. The molecule has 0 radical (unpaired) electrons. The molecule has 34 heavy (non-hydrogen) atoms. The van der Waals surface area contributed by atoms with E-state index in [2.05, 4.69) is 15.3 Å². The second-order valence-corrected chi connectivity index (χ2v) is 11.0. The number of carbonyl (C=O) groups is 1. The lowest BCUT2D eigenvalue weighted by molar-refractivity contribution is -0.135. The number of fused-ring (bicyclic) bond motifs is 1. The Morgan fingerprint density at radius 3 is 2.44 bits per heavy atom. The minimum absolute atomic E-state index is 0.0924. The minimum Gasteiger partial charge on any atom is -0.367 e. The smallest absolute Gasteiger partial charge is 0.291 e. The summed E-state index contributed by atoms with van der Waals surface area (Å²) in [5.41, 5.74) is 0.960. The van der Waals surface area contributed by atoms with E-state index in [9.17, 15) is 22.0 Å². The molecule has 14 heteroatoms. The second-order valence-electron chi connectivity index (χ2n) is 8.49. The molecule has 0 spiro atoms. The van der Waals surface area contributed by atoms with Crippen molar-refractivity contribution in [2.24, 2.45) is 11.1 Å². The van der Waals surface area contributed by atoms with Gasteiger partial charge in [0.25, 0.3) is 6.43 Å². The molecule has 1 aliphatic carbocycles. The van der Waals surface area contributed by atoms with Crippen molar-refractivity contribution in [2.75, 3.05) is 31.1 Å². The third-order valence-corrected chi connectivity index (χ3v) is 8.20. The predicted octanol–water partition coefficient (Wildman–Crippen LogP) is 2.30. The summed E-state index contributed by atoms with van der Waals surface area (Å²) in [5, 5.41) is 17.2. The Morgan fingerprint density at radius 2 is 1.82 bits per heavy atom. The Labute approximate surface area is 198 Å². The molecule has 2 fully saturated rings. The maximum Gasteiger partial charge on any atom is 0.291 e. The zero-order valence-electron chi connectivity index (χ0n) is 18.1. The first kappa shape index (κ1) is 23.1. The lowest BCUT2D eigenvalue weighted by atomic mass is 10.1. The van der Waals surface area contributed by atoms with Gasteiger partial charge in [0.15, 0.2) is 5.01 Å². The van der Waals surface area contributed by atoms with Crippen LogP contribution >= 0.6 is 11.3 Å². The fourth-order valence-corrected chi connectivity index (χ4v) is 5.88. The highest BCUT2D eigenvalue weighted by molar-refractivity contribution is 7.89. The van der Waals surface area contributed by atoms with E-state index in [1.807, 2.05) is 9.80 Å². The molecule has 2 aromatic heterocycles. The number of nitrogens with zero attached hydrogens (tertiary/aromatic N) is 6. The summed E-state index contributed by atoms with van der Waals surface area (Å²) in [4.78, 5) is 16.5. The Balaban J connectivity index is 1.48. The Morgan fingerprint density at radius 1 is 1.12 bits per heavy atom. The minimum atomic E-state index is -4.06. The van der Waals surface area contributed by atoms with E-state index in [1.165, 1.54) is 23.0 Å². The number of carbonyl (C=O) groups excluding carboxylic acids is 1. The van der Waals surface area contributed by atoms with Gasteiger partial charge in [-0.25, -0.2) is 27.0 Å². The van der Waals surface area contributed by atoms with Crippen molar-refractivity contribution < 1.29 is 22.0 Å². The molecule has 0 unspecified atom stereocenters. The molecule has 2 N–H and O–H groups in total. The number of aromatic nitrogens is 4. The fourth-order valence-electron chi connectivity index (χ4n) is 4.66. The van der Waals surface area contributed by atoms with Crippen molar-refractivity contribution in [2.45, 2.75) is 37.0 Å². The van der Waals surface area contributed by atoms with Crippen LogP contribution in [0.1, 0.15) is 37.1 Å². The molecule has 5 rings (SSSR count). The molecule has 1 saturated carbocycles. The van der Waals surface area contributed by atoms with E-state index < -0.39 is 21.5 Å². The third kappa shape index (κ3) is 4.25. The SMILES string of the molecule is NS(=O)(=O)c1cc(N2CCN(C(=O)C3CCCC3)CC2)c2cnn(-c3nnc(C(F)F)s3)c2c1. The molecule has 1 amide bonds. The molecule has 0 atom stereocenters. The largest absolute Gasteiger partial charge is 0.367 e. The van der Waals surface area contributed by atoms with Crippen LogP contribution in [0.15, 0.2) is 23.2 Å². The number of hydrogen-bond donors (Lipinski definition) is 1. The Kier molecular flexibility index (Phi) is 5.98. The van der Waals surface area contributed by atoms with Gasteiger partial charge in [0.1, 0.15) is 0 Å². The monoisotopic (exact) mass is 511 g/mol. The summed E-state index contributed by atoms with van der Waals surface area (Å²) in [6.07, 6.45) is 2.82. The summed E-state index contributed by atoms with van der Waals surface area (Å²) in [7, 11) is -4.06. The number of rotatable bonds is 5. The molecular formula is C20H23F2N7O3S2. The first-order valence-corrected chi connectivity index (χ1v) is 13.3. The highest BCUT2D eigenvalue weighted by Gasteiger charge is 2.30. The van der Waals surface area contributed by atoms with Crippen molar-refractivity contribution in [3.8, 4) is 5.13 Å². The summed E-state index contributed by atoms with van der Waals surface area (Å²) in [5.74, 6) is 0.298. The van der Waals surface area contributed by atoms with Crippen LogP contribution < -0.4 is 10.0 Å². The van der Waals surface area contributed by atoms with E-state index >= 15 is 0 Å². The molecule has 1 aromatic carbocycles. The number of piperazine rings is 1. The molecule has 3 aromatic rings. The van der Waals surface area contributed by atoms with Gasteiger partial charge in [-0.2, -0.15) is 5.10 Å². The van der Waals surface area contributed by atoms with Crippen LogP contribution in [-0.2, 0) is 14.8 Å². The summed E-state index contributed by atoms with van der Waals surface area (Å²) in [6, 6.07) is 2.84. The molecule has 182 valence electrons. The van der Waals surface area contributed by atoms with Crippen molar-refractivity contribution >= 4 is 43.9 Å². The maximum atomic E-state index is 13.0. The van der Waals surface area contributed by atoms with Crippen LogP contribution in [0, 0.1) is 5.92 Å². The molecule has 2 aliphatic rings. The molecule has 1 aliphatic heterocycles. The first-order valence-electron chi connectivity index (χ1n) is 10.9. The zero-order chi connectivity index (χ0) is 24.0. The summed E-state index contributed by atoms with van der Waals surface area (Å²) >= 11 is 0.674. The Hall–Kier alpha value is -2.71. The average molecular weight is 512 g/mol. The van der Waals surface area contributed by atoms with Crippen molar-refractivity contribution in [3.63, 3.8) is 0 Å². The van der Waals surface area contributed by atoms with E-state index in [0.29, 0.717) is 54.1 Å². The summed E-state index contributed by atoms with van der Waals surface area (Å²) < 4.78 is 51.7. The molecular weight excluding hydrogens is 488 g/mol. The highest BCUT2D eigenvalue weighted by Crippen LogP contribution is 2.34. The van der Waals surface area contributed by atoms with Crippen LogP contribution in [0.3, 0.4) is 0 Å². The quantitative estimate of drug-likeness (QED) is 0.557. The lowest BCUT2D eigenvalue weighted by Gasteiger charge is -2.37. The van der Waals surface area contributed by atoms with Crippen LogP contribution in [0.2, 0.25) is 0 Å². The predicted molar refractivity (Wildman–Crippen MR) is 122 cm³/mol. The fraction of sp³-hybridized carbons (Fsp3) is 0.500. The first-order chi connectivity index (χ1) is 16.2. The van der Waals surface area contributed by atoms with Gasteiger partial charge in [0.2, 0.25) is 21.1 Å². The van der Waals surface area contributed by atoms with Crippen molar-refractivity contribution in [3.05, 3.63) is 23.3 Å². The average Bonchev–Trinajstić information content (AvgIpc) is 3.57. The van der Waals surface area contributed by atoms with Crippen LogP contribution in [0.25, 0.3) is 16.0 Å². The second kappa shape index (κ2) is 8.82. The number of amides is 1. The number of anilines is 1. The van der Waals surface area contributed by atoms with Crippen LogP contribution in [0.5, 0.6) is 0 Å². The van der Waals surface area contributed by atoms with Crippen molar-refractivity contribution in [1.29, 1.82) is 0 Å². The topological polar surface area (TPSA) is 127 Å². The van der Waals surface area contributed by atoms with E-state index in [4.69, 9.17) is 5.14 Å². The number of halogens is 2. The zero-order valence-corrected chi connectivity index (χ0v) is 19.7. The maximum absolute atomic E-state index is 13.0. The molecule has 0 bridgehead atoms. The molecule has 10 nitrogen and oxygen atoms in total. The van der Waals surface area contributed by atoms with Gasteiger partial charge < -0.3 is 9.80 Å². The number of nitrogens with two attached hydrogens (primary N) is 1. The number of primary sulfonamides is 1. The van der Waals surface area contributed by atoms with E-state index in [1.54, 1.807) is 0 Å². The van der Waals surface area contributed by atoms with Gasteiger partial charge >= 0.3 is 0 Å². The lowest BCUT2D eigenvalue weighted by Crippen LogP contribution is -2.50.